The minimum absolute atomic E-state index is 0.237. The first kappa shape index (κ1) is 46.4. The van der Waals surface area contributed by atoms with Gasteiger partial charge in [-0.05, 0) is 26.7 Å². The first-order valence-electron chi connectivity index (χ1n) is 16.6. The molecular weight excluding hydrogens is 732 g/mol. The second-order valence-electron chi connectivity index (χ2n) is 12.3. The lowest BCUT2D eigenvalue weighted by Crippen LogP contribution is -2.59. The van der Waals surface area contributed by atoms with Crippen LogP contribution >= 0.6 is 0 Å². The maximum absolute atomic E-state index is 13.4. The van der Waals surface area contributed by atoms with Crippen molar-refractivity contribution in [3.05, 3.63) is 18.2 Å². The lowest BCUT2D eigenvalue weighted by atomic mass is 10.1. The molecule has 1 rings (SSSR count). The highest BCUT2D eigenvalue weighted by atomic mass is 16.2. The largest absolute Gasteiger partial charge is 0.370 e. The number of carbonyl (C=O) groups excluding carboxylic acids is 11. The van der Waals surface area contributed by atoms with Gasteiger partial charge in [-0.2, -0.15) is 0 Å². The molecule has 19 N–H and O–H groups in total. The summed E-state index contributed by atoms with van der Waals surface area (Å²) in [4.78, 5) is 142. The Labute approximate surface area is 313 Å². The van der Waals surface area contributed by atoms with E-state index < -0.39 is 120 Å². The zero-order valence-corrected chi connectivity index (χ0v) is 30.0. The Balaban J connectivity index is 3.05. The van der Waals surface area contributed by atoms with Gasteiger partial charge in [-0.1, -0.05) is 0 Å². The minimum Gasteiger partial charge on any atom is -0.370 e. The third-order valence-corrected chi connectivity index (χ3v) is 7.56. The normalized spacial score (nSPS) is 14.5. The summed E-state index contributed by atoms with van der Waals surface area (Å²) in [6, 6.07) is -10.2. The van der Waals surface area contributed by atoms with Gasteiger partial charge < -0.3 is 71.3 Å². The van der Waals surface area contributed by atoms with Crippen molar-refractivity contribution in [2.24, 2.45) is 34.4 Å². The van der Waals surface area contributed by atoms with Gasteiger partial charge in [-0.15, -0.1) is 0 Å². The summed E-state index contributed by atoms with van der Waals surface area (Å²) in [5, 5.41) is 13.8. The number of rotatable bonds is 25. The van der Waals surface area contributed by atoms with Crippen LogP contribution in [-0.2, 0) is 59.2 Å². The SMILES string of the molecule is C[C@H](NC(=O)[C@H](C)NC(=O)[C@H](CCC(N)=O)NC(=O)[C@@H](N)CC(N)=O)C(=O)N[C@@H](CC(N)=O)C(=O)N[C@@H](Cc1cnc[nH]1)C(=O)N[C@@H](CCC(N)=O)C(N)=O. The van der Waals surface area contributed by atoms with E-state index in [9.17, 15) is 52.7 Å². The fourth-order valence-electron chi connectivity index (χ4n) is 4.58. The molecule has 0 saturated carbocycles. The van der Waals surface area contributed by atoms with Gasteiger partial charge in [-0.3, -0.25) is 52.7 Å². The quantitative estimate of drug-likeness (QED) is 0.0439. The second-order valence-corrected chi connectivity index (χ2v) is 12.3. The highest BCUT2D eigenvalue weighted by Gasteiger charge is 2.33. The standard InChI is InChI=1S/C30H48N14O11/c1-12(40-28(53)17(4-6-21(33)46)42-27(52)15(31)8-22(34)47)25(50)39-13(2)26(51)43-19(9-23(35)48)30(55)44-18(7-14-10-37-11-38-14)29(54)41-16(24(36)49)3-5-20(32)45/h10-13,15-19H,3-9,31H2,1-2H3,(H2,32,45)(H2,33,46)(H2,34,47)(H2,35,48)(H2,36,49)(H,37,38)(H,39,50)(H,40,53)(H,41,54)(H,42,52)(H,43,51)(H,44,55)/t12-,13-,15-,16-,17-,18-,19-/m0/s1. The van der Waals surface area contributed by atoms with Crippen molar-refractivity contribution < 1.29 is 52.7 Å². The average Bonchev–Trinajstić information content (AvgIpc) is 3.59. The van der Waals surface area contributed by atoms with E-state index in [0.29, 0.717) is 5.69 Å². The lowest BCUT2D eigenvalue weighted by Gasteiger charge is -2.25. The van der Waals surface area contributed by atoms with E-state index in [4.69, 9.17) is 34.4 Å². The summed E-state index contributed by atoms with van der Waals surface area (Å²) in [6.45, 7) is 2.41. The molecule has 0 spiro atoms. The van der Waals surface area contributed by atoms with E-state index in [1.54, 1.807) is 0 Å². The van der Waals surface area contributed by atoms with Crippen LogP contribution in [0.25, 0.3) is 0 Å². The van der Waals surface area contributed by atoms with Crippen molar-refractivity contribution in [1.82, 2.24) is 41.9 Å². The molecule has 0 aliphatic heterocycles. The monoisotopic (exact) mass is 780 g/mol. The van der Waals surface area contributed by atoms with E-state index >= 15 is 0 Å². The molecule has 1 aromatic rings. The molecule has 25 nitrogen and oxygen atoms in total. The van der Waals surface area contributed by atoms with Gasteiger partial charge in [0.05, 0.1) is 25.2 Å². The van der Waals surface area contributed by atoms with Crippen LogP contribution < -0.4 is 66.3 Å². The van der Waals surface area contributed by atoms with Gasteiger partial charge in [0.15, 0.2) is 0 Å². The van der Waals surface area contributed by atoms with Gasteiger partial charge in [0.25, 0.3) is 0 Å². The number of primary amides is 5. The van der Waals surface area contributed by atoms with Crippen LogP contribution in [0.2, 0.25) is 0 Å². The van der Waals surface area contributed by atoms with Crippen molar-refractivity contribution in [1.29, 1.82) is 0 Å². The molecule has 0 saturated heterocycles. The molecule has 304 valence electrons. The summed E-state index contributed by atoms with van der Waals surface area (Å²) in [5.41, 5.74) is 31.9. The zero-order chi connectivity index (χ0) is 42.0. The topological polar surface area (TPSA) is 445 Å². The summed E-state index contributed by atoms with van der Waals surface area (Å²) in [5.74, 6) is -10.4. The van der Waals surface area contributed by atoms with Crippen molar-refractivity contribution in [3.8, 4) is 0 Å². The fourth-order valence-corrected chi connectivity index (χ4v) is 4.58. The van der Waals surface area contributed by atoms with Gasteiger partial charge in [0, 0.05) is 31.2 Å². The maximum Gasteiger partial charge on any atom is 0.243 e. The molecule has 1 aromatic heterocycles. The van der Waals surface area contributed by atoms with Crippen molar-refractivity contribution >= 4 is 65.0 Å². The van der Waals surface area contributed by atoms with Crippen LogP contribution in [0.1, 0.15) is 58.1 Å². The van der Waals surface area contributed by atoms with Crippen LogP contribution in [0.5, 0.6) is 0 Å². The minimum atomic E-state index is -1.70. The number of hydrogen-bond donors (Lipinski definition) is 13. The van der Waals surface area contributed by atoms with Crippen LogP contribution in [0.4, 0.5) is 0 Å². The number of hydrogen-bond acceptors (Lipinski definition) is 13. The molecule has 0 bridgehead atoms. The summed E-state index contributed by atoms with van der Waals surface area (Å²) in [6.07, 6.45) is -0.148. The van der Waals surface area contributed by atoms with Crippen LogP contribution in [0.3, 0.4) is 0 Å². The number of carbonyl (C=O) groups is 11. The first-order valence-corrected chi connectivity index (χ1v) is 16.6. The average molecular weight is 781 g/mol. The smallest absolute Gasteiger partial charge is 0.243 e. The zero-order valence-electron chi connectivity index (χ0n) is 30.0. The van der Waals surface area contributed by atoms with Gasteiger partial charge in [-0.25, -0.2) is 4.98 Å². The maximum atomic E-state index is 13.4. The van der Waals surface area contributed by atoms with Crippen molar-refractivity contribution in [2.45, 2.75) is 101 Å². The number of H-pyrrole nitrogens is 1. The third kappa shape index (κ3) is 17.6. The van der Waals surface area contributed by atoms with Crippen LogP contribution in [-0.4, -0.2) is 117 Å². The highest BCUT2D eigenvalue weighted by Crippen LogP contribution is 2.05. The molecule has 1 heterocycles. The van der Waals surface area contributed by atoms with E-state index in [-0.39, 0.29) is 32.1 Å². The van der Waals surface area contributed by atoms with E-state index in [1.165, 1.54) is 26.4 Å². The van der Waals surface area contributed by atoms with Gasteiger partial charge >= 0.3 is 0 Å². The number of nitrogens with two attached hydrogens (primary N) is 6. The van der Waals surface area contributed by atoms with E-state index in [1.807, 2.05) is 0 Å². The van der Waals surface area contributed by atoms with Crippen molar-refractivity contribution in [2.75, 3.05) is 0 Å². The van der Waals surface area contributed by atoms with Crippen LogP contribution in [0.15, 0.2) is 12.5 Å². The Morgan fingerprint density at radius 3 is 1.49 bits per heavy atom. The fraction of sp³-hybridized carbons (Fsp3) is 0.533. The summed E-state index contributed by atoms with van der Waals surface area (Å²) >= 11 is 0. The Morgan fingerprint density at radius 2 is 1.00 bits per heavy atom. The Kier molecular flexibility index (Phi) is 18.9. The molecule has 0 aromatic carbocycles. The molecule has 7 atom stereocenters. The molecule has 11 amide bonds. The molecule has 0 aliphatic carbocycles. The summed E-state index contributed by atoms with van der Waals surface area (Å²) in [7, 11) is 0. The molecule has 55 heavy (non-hydrogen) atoms. The molecule has 0 aliphatic rings. The highest BCUT2D eigenvalue weighted by molar-refractivity contribution is 5.98. The van der Waals surface area contributed by atoms with Gasteiger partial charge in [0.1, 0.15) is 36.3 Å². The summed E-state index contributed by atoms with van der Waals surface area (Å²) < 4.78 is 0. The number of imidazole rings is 1. The van der Waals surface area contributed by atoms with Crippen LogP contribution in [0, 0.1) is 0 Å². The number of nitrogens with one attached hydrogen (secondary N) is 7. The number of aromatic amines is 1. The predicted octanol–water partition coefficient (Wildman–Crippen LogP) is -8.00. The molecule has 0 unspecified atom stereocenters. The molecule has 25 heteroatoms. The second kappa shape index (κ2) is 22.4. The molecule has 0 fully saturated rings. The molecular formula is C30H48N14O11. The number of nitrogens with zero attached hydrogens (tertiary/aromatic N) is 1. The number of aromatic nitrogens is 2. The molecule has 0 radical (unpaired) electrons. The predicted molar refractivity (Wildman–Crippen MR) is 187 cm³/mol. The van der Waals surface area contributed by atoms with E-state index in [2.05, 4.69) is 41.9 Å². The van der Waals surface area contributed by atoms with E-state index in [0.717, 1.165) is 0 Å². The number of amides is 11. The van der Waals surface area contributed by atoms with Gasteiger partial charge in [0.2, 0.25) is 65.0 Å². The third-order valence-electron chi connectivity index (χ3n) is 7.56. The van der Waals surface area contributed by atoms with Crippen molar-refractivity contribution in [3.63, 3.8) is 0 Å². The Hall–Kier alpha value is -6.66. The lowest BCUT2D eigenvalue weighted by molar-refractivity contribution is -0.136. The first-order chi connectivity index (χ1) is 25.6. The Morgan fingerprint density at radius 1 is 0.564 bits per heavy atom. The Bertz CT molecular complexity index is 1600.